The second-order valence-corrected chi connectivity index (χ2v) is 3.89. The summed E-state index contributed by atoms with van der Waals surface area (Å²) in [4.78, 5) is 13.0. The van der Waals surface area contributed by atoms with Gasteiger partial charge in [-0.05, 0) is 25.0 Å². The summed E-state index contributed by atoms with van der Waals surface area (Å²) in [6, 6.07) is 6.51. The van der Waals surface area contributed by atoms with E-state index >= 15 is 0 Å². The average molecular weight is 222 g/mol. The smallest absolute Gasteiger partial charge is 0.269 e. The van der Waals surface area contributed by atoms with Crippen LogP contribution < -0.4 is 4.90 Å². The van der Waals surface area contributed by atoms with E-state index in [1.165, 1.54) is 12.1 Å². The first-order chi connectivity index (χ1) is 7.18. The SMILES string of the molecule is O=[N+]([O-])c1ccc(N2CCCC2=S)cc1. The molecule has 0 atom stereocenters. The van der Waals surface area contributed by atoms with Crippen LogP contribution in [-0.4, -0.2) is 16.5 Å². The van der Waals surface area contributed by atoms with Crippen LogP contribution in [0, 0.1) is 10.1 Å². The molecule has 1 heterocycles. The molecule has 0 spiro atoms. The van der Waals surface area contributed by atoms with Crippen molar-refractivity contribution in [3.63, 3.8) is 0 Å². The van der Waals surface area contributed by atoms with Crippen LogP contribution in [0.3, 0.4) is 0 Å². The molecule has 1 aromatic rings. The van der Waals surface area contributed by atoms with Crippen LogP contribution in [0.2, 0.25) is 0 Å². The first kappa shape index (κ1) is 10.0. The molecular weight excluding hydrogens is 212 g/mol. The Bertz CT molecular complexity index is 402. The van der Waals surface area contributed by atoms with Gasteiger partial charge in [-0.2, -0.15) is 0 Å². The summed E-state index contributed by atoms with van der Waals surface area (Å²) in [7, 11) is 0. The second kappa shape index (κ2) is 3.94. The summed E-state index contributed by atoms with van der Waals surface area (Å²) in [5.74, 6) is 0. The Morgan fingerprint density at radius 3 is 2.47 bits per heavy atom. The maximum atomic E-state index is 10.5. The second-order valence-electron chi connectivity index (χ2n) is 3.42. The number of nitro benzene ring substituents is 1. The van der Waals surface area contributed by atoms with Crippen LogP contribution in [0.5, 0.6) is 0 Å². The van der Waals surface area contributed by atoms with Crippen molar-refractivity contribution >= 4 is 28.6 Å². The lowest BCUT2D eigenvalue weighted by molar-refractivity contribution is -0.384. The third-order valence-corrected chi connectivity index (χ3v) is 2.87. The molecule has 0 bridgehead atoms. The van der Waals surface area contributed by atoms with Gasteiger partial charge >= 0.3 is 0 Å². The summed E-state index contributed by atoms with van der Waals surface area (Å²) in [5, 5.41) is 10.5. The van der Waals surface area contributed by atoms with E-state index in [9.17, 15) is 10.1 Å². The number of hydrogen-bond donors (Lipinski definition) is 0. The van der Waals surface area contributed by atoms with E-state index in [0.717, 1.165) is 30.1 Å². The molecule has 0 N–H and O–H groups in total. The van der Waals surface area contributed by atoms with Gasteiger partial charge in [0.05, 0.1) is 9.91 Å². The monoisotopic (exact) mass is 222 g/mol. The van der Waals surface area contributed by atoms with Crippen molar-refractivity contribution in [2.75, 3.05) is 11.4 Å². The number of rotatable bonds is 2. The average Bonchev–Trinajstić information content (AvgIpc) is 2.65. The molecule has 1 fully saturated rings. The first-order valence-electron chi connectivity index (χ1n) is 4.73. The number of non-ortho nitro benzene ring substituents is 1. The lowest BCUT2D eigenvalue weighted by atomic mass is 10.2. The molecule has 5 heteroatoms. The van der Waals surface area contributed by atoms with Crippen LogP contribution in [0.25, 0.3) is 0 Å². The molecule has 1 aromatic carbocycles. The van der Waals surface area contributed by atoms with E-state index in [0.29, 0.717) is 0 Å². The summed E-state index contributed by atoms with van der Waals surface area (Å²) >= 11 is 5.20. The summed E-state index contributed by atoms with van der Waals surface area (Å²) in [6.07, 6.45) is 2.00. The Balaban J connectivity index is 2.23. The van der Waals surface area contributed by atoms with Crippen LogP contribution >= 0.6 is 12.2 Å². The third kappa shape index (κ3) is 1.97. The topological polar surface area (TPSA) is 46.4 Å². The highest BCUT2D eigenvalue weighted by Gasteiger charge is 2.18. The molecule has 4 nitrogen and oxygen atoms in total. The van der Waals surface area contributed by atoms with Crippen molar-refractivity contribution in [1.82, 2.24) is 0 Å². The minimum Gasteiger partial charge on any atom is -0.336 e. The molecule has 0 saturated carbocycles. The molecule has 0 aromatic heterocycles. The van der Waals surface area contributed by atoms with E-state index in [-0.39, 0.29) is 5.69 Å². The van der Waals surface area contributed by atoms with Crippen LogP contribution in [0.4, 0.5) is 11.4 Å². The van der Waals surface area contributed by atoms with Crippen molar-refractivity contribution < 1.29 is 4.92 Å². The molecule has 1 saturated heterocycles. The highest BCUT2D eigenvalue weighted by molar-refractivity contribution is 7.80. The predicted molar refractivity (Wildman–Crippen MR) is 62.3 cm³/mol. The number of nitro groups is 1. The number of hydrogen-bond acceptors (Lipinski definition) is 3. The zero-order chi connectivity index (χ0) is 10.8. The number of anilines is 1. The Hall–Kier alpha value is -1.49. The van der Waals surface area contributed by atoms with Gasteiger partial charge in [0.2, 0.25) is 0 Å². The quantitative estimate of drug-likeness (QED) is 0.438. The zero-order valence-electron chi connectivity index (χ0n) is 8.05. The minimum atomic E-state index is -0.397. The molecule has 1 aliphatic heterocycles. The molecule has 78 valence electrons. The maximum Gasteiger partial charge on any atom is 0.269 e. The normalized spacial score (nSPS) is 15.7. The fourth-order valence-corrected chi connectivity index (χ4v) is 2.02. The first-order valence-corrected chi connectivity index (χ1v) is 5.14. The molecule has 0 amide bonds. The summed E-state index contributed by atoms with van der Waals surface area (Å²) < 4.78 is 0. The summed E-state index contributed by atoms with van der Waals surface area (Å²) in [5.41, 5.74) is 1.06. The highest BCUT2D eigenvalue weighted by atomic mass is 32.1. The zero-order valence-corrected chi connectivity index (χ0v) is 8.87. The number of thiocarbonyl (C=S) groups is 1. The standard InChI is InChI=1S/C10H10N2O2S/c13-12(14)9-5-3-8(4-6-9)11-7-1-2-10(11)15/h3-6H,1-2,7H2. The van der Waals surface area contributed by atoms with Crippen LogP contribution in [-0.2, 0) is 0 Å². The van der Waals surface area contributed by atoms with E-state index < -0.39 is 4.92 Å². The van der Waals surface area contributed by atoms with E-state index in [1.807, 2.05) is 4.90 Å². The molecular formula is C10H10N2O2S. The Labute approximate surface area is 92.7 Å². The molecule has 2 rings (SSSR count). The van der Waals surface area contributed by atoms with E-state index in [1.54, 1.807) is 12.1 Å². The Morgan fingerprint density at radius 1 is 1.33 bits per heavy atom. The van der Waals surface area contributed by atoms with Gasteiger partial charge in [0.15, 0.2) is 0 Å². The van der Waals surface area contributed by atoms with Crippen molar-refractivity contribution in [3.8, 4) is 0 Å². The lowest BCUT2D eigenvalue weighted by Crippen LogP contribution is -2.21. The fourth-order valence-electron chi connectivity index (χ4n) is 1.68. The van der Waals surface area contributed by atoms with Crippen LogP contribution in [0.15, 0.2) is 24.3 Å². The van der Waals surface area contributed by atoms with Gasteiger partial charge < -0.3 is 4.90 Å². The highest BCUT2D eigenvalue weighted by Crippen LogP contribution is 2.24. The minimum absolute atomic E-state index is 0.115. The van der Waals surface area contributed by atoms with Crippen molar-refractivity contribution in [1.29, 1.82) is 0 Å². The van der Waals surface area contributed by atoms with Gasteiger partial charge in [-0.3, -0.25) is 10.1 Å². The van der Waals surface area contributed by atoms with E-state index in [2.05, 4.69) is 0 Å². The van der Waals surface area contributed by atoms with Gasteiger partial charge in [0, 0.05) is 24.4 Å². The molecule has 0 unspecified atom stereocenters. The largest absolute Gasteiger partial charge is 0.336 e. The van der Waals surface area contributed by atoms with E-state index in [4.69, 9.17) is 12.2 Å². The van der Waals surface area contributed by atoms with Gasteiger partial charge in [-0.25, -0.2) is 0 Å². The van der Waals surface area contributed by atoms with Gasteiger partial charge in [0.1, 0.15) is 0 Å². The van der Waals surface area contributed by atoms with Gasteiger partial charge in [-0.15, -0.1) is 0 Å². The third-order valence-electron chi connectivity index (χ3n) is 2.45. The van der Waals surface area contributed by atoms with Crippen molar-refractivity contribution in [2.24, 2.45) is 0 Å². The maximum absolute atomic E-state index is 10.5. The molecule has 0 aliphatic carbocycles. The molecule has 0 radical (unpaired) electrons. The Morgan fingerprint density at radius 2 is 2.00 bits per heavy atom. The number of benzene rings is 1. The van der Waals surface area contributed by atoms with Crippen molar-refractivity contribution in [2.45, 2.75) is 12.8 Å². The van der Waals surface area contributed by atoms with Crippen LogP contribution in [0.1, 0.15) is 12.8 Å². The molecule has 15 heavy (non-hydrogen) atoms. The lowest BCUT2D eigenvalue weighted by Gasteiger charge is -2.17. The number of nitrogens with zero attached hydrogens (tertiary/aromatic N) is 2. The predicted octanol–water partition coefficient (Wildman–Crippen LogP) is 2.52. The van der Waals surface area contributed by atoms with Gasteiger partial charge in [-0.1, -0.05) is 12.2 Å². The fraction of sp³-hybridized carbons (Fsp3) is 0.300. The molecule has 1 aliphatic rings. The Kier molecular flexibility index (Phi) is 2.64. The summed E-state index contributed by atoms with van der Waals surface area (Å²) in [6.45, 7) is 0.913. The van der Waals surface area contributed by atoms with Crippen molar-refractivity contribution in [3.05, 3.63) is 34.4 Å². The van der Waals surface area contributed by atoms with Gasteiger partial charge in [0.25, 0.3) is 5.69 Å².